The number of carboxylic acids is 1. The van der Waals surface area contributed by atoms with E-state index in [-0.39, 0.29) is 5.56 Å². The van der Waals surface area contributed by atoms with Crippen molar-refractivity contribution >= 4 is 24.4 Å². The number of nitrogens with zero attached hydrogens (tertiary/aromatic N) is 3. The molecule has 0 aliphatic heterocycles. The molecule has 122 valence electrons. The maximum Gasteiger partial charge on any atom is 0.336 e. The maximum atomic E-state index is 11.3. The molecule has 0 bridgehead atoms. The zero-order chi connectivity index (χ0) is 17.1. The number of aromatic amines is 1. The van der Waals surface area contributed by atoms with Crippen molar-refractivity contribution in [2.24, 2.45) is 5.10 Å². The summed E-state index contributed by atoms with van der Waals surface area (Å²) >= 11 is 5.12. The fourth-order valence-corrected chi connectivity index (χ4v) is 2.44. The van der Waals surface area contributed by atoms with Gasteiger partial charge in [0.1, 0.15) is 11.5 Å². The number of hydrogen-bond donors (Lipinski definition) is 2. The minimum absolute atomic E-state index is 0.181. The van der Waals surface area contributed by atoms with Crippen molar-refractivity contribution in [1.82, 2.24) is 14.9 Å². The monoisotopic (exact) mass is 342 g/mol. The summed E-state index contributed by atoms with van der Waals surface area (Å²) in [5, 5.41) is 20.3. The van der Waals surface area contributed by atoms with Gasteiger partial charge in [0.15, 0.2) is 5.82 Å². The van der Waals surface area contributed by atoms with Crippen LogP contribution < -0.4 is 0 Å². The van der Waals surface area contributed by atoms with Crippen molar-refractivity contribution in [3.63, 3.8) is 0 Å². The highest BCUT2D eigenvalue weighted by molar-refractivity contribution is 7.71. The quantitative estimate of drug-likeness (QED) is 0.547. The molecule has 3 rings (SSSR count). The standard InChI is InChI=1S/C16H14N4O3S/c1-2-14-18-19-16(24)20(14)17-9-10-7-8-13(23-10)11-5-3-4-6-12(11)15(21)22/h3-9H,2H2,1H3,(H,19,24)(H,21,22)/b17-9-. The fourth-order valence-electron chi connectivity index (χ4n) is 2.24. The average molecular weight is 342 g/mol. The van der Waals surface area contributed by atoms with Crippen molar-refractivity contribution in [1.29, 1.82) is 0 Å². The first kappa shape index (κ1) is 15.9. The Balaban J connectivity index is 1.92. The number of benzene rings is 1. The molecule has 0 atom stereocenters. The van der Waals surface area contributed by atoms with E-state index in [1.807, 2.05) is 6.92 Å². The Labute approximate surface area is 142 Å². The van der Waals surface area contributed by atoms with E-state index in [1.54, 1.807) is 30.3 Å². The first-order chi connectivity index (χ1) is 11.6. The van der Waals surface area contributed by atoms with Crippen LogP contribution in [0, 0.1) is 4.77 Å². The number of nitrogens with one attached hydrogen (secondary N) is 1. The Bertz CT molecular complexity index is 968. The van der Waals surface area contributed by atoms with Crippen molar-refractivity contribution in [2.45, 2.75) is 13.3 Å². The fraction of sp³-hybridized carbons (Fsp3) is 0.125. The molecule has 0 radical (unpaired) electrons. The molecule has 2 N–H and O–H groups in total. The number of aromatic nitrogens is 3. The molecule has 0 aliphatic carbocycles. The van der Waals surface area contributed by atoms with Gasteiger partial charge in [-0.1, -0.05) is 25.1 Å². The second kappa shape index (κ2) is 6.63. The van der Waals surface area contributed by atoms with E-state index >= 15 is 0 Å². The van der Waals surface area contributed by atoms with Crippen LogP contribution in [0.5, 0.6) is 0 Å². The van der Waals surface area contributed by atoms with Crippen LogP contribution in [-0.4, -0.2) is 32.2 Å². The SMILES string of the molecule is CCc1n[nH]c(=S)n1/N=C\c1ccc(-c2ccccc2C(=O)O)o1. The lowest BCUT2D eigenvalue weighted by molar-refractivity contribution is 0.0697. The number of rotatable bonds is 5. The Morgan fingerprint density at radius 1 is 1.42 bits per heavy atom. The third-order valence-corrected chi connectivity index (χ3v) is 3.65. The lowest BCUT2D eigenvalue weighted by Gasteiger charge is -2.01. The van der Waals surface area contributed by atoms with Gasteiger partial charge in [-0.15, -0.1) is 0 Å². The summed E-state index contributed by atoms with van der Waals surface area (Å²) in [6.45, 7) is 1.95. The molecule has 3 aromatic rings. The van der Waals surface area contributed by atoms with Crippen LogP contribution in [0.15, 0.2) is 45.9 Å². The van der Waals surface area contributed by atoms with E-state index in [4.69, 9.17) is 16.6 Å². The highest BCUT2D eigenvalue weighted by atomic mass is 32.1. The Kier molecular flexibility index (Phi) is 4.39. The molecular formula is C16H14N4O3S. The second-order valence-corrected chi connectivity index (χ2v) is 5.29. The van der Waals surface area contributed by atoms with Gasteiger partial charge in [0, 0.05) is 12.0 Å². The van der Waals surface area contributed by atoms with Crippen LogP contribution in [0.1, 0.15) is 28.9 Å². The van der Waals surface area contributed by atoms with Gasteiger partial charge < -0.3 is 9.52 Å². The number of furan rings is 1. The Morgan fingerprint density at radius 2 is 2.21 bits per heavy atom. The minimum Gasteiger partial charge on any atom is -0.478 e. The third kappa shape index (κ3) is 3.04. The molecule has 0 spiro atoms. The highest BCUT2D eigenvalue weighted by Crippen LogP contribution is 2.25. The smallest absolute Gasteiger partial charge is 0.336 e. The molecule has 2 aromatic heterocycles. The first-order valence-corrected chi connectivity index (χ1v) is 7.64. The molecule has 0 unspecified atom stereocenters. The molecule has 7 nitrogen and oxygen atoms in total. The maximum absolute atomic E-state index is 11.3. The zero-order valence-corrected chi connectivity index (χ0v) is 13.6. The second-order valence-electron chi connectivity index (χ2n) is 4.91. The number of aromatic carboxylic acids is 1. The topological polar surface area (TPSA) is 96.4 Å². The molecule has 8 heteroatoms. The molecule has 1 aromatic carbocycles. The van der Waals surface area contributed by atoms with Gasteiger partial charge in [0.05, 0.1) is 11.8 Å². The molecular weight excluding hydrogens is 328 g/mol. The molecule has 24 heavy (non-hydrogen) atoms. The predicted molar refractivity (Wildman–Crippen MR) is 90.9 cm³/mol. The van der Waals surface area contributed by atoms with Crippen LogP contribution in [0.4, 0.5) is 0 Å². The van der Waals surface area contributed by atoms with Gasteiger partial charge in [-0.2, -0.15) is 14.9 Å². The summed E-state index contributed by atoms with van der Waals surface area (Å²) in [5.74, 6) is 0.644. The van der Waals surface area contributed by atoms with Gasteiger partial charge in [-0.25, -0.2) is 4.79 Å². The number of carbonyl (C=O) groups is 1. The van der Waals surface area contributed by atoms with E-state index < -0.39 is 5.97 Å². The number of H-pyrrole nitrogens is 1. The number of hydrogen-bond acceptors (Lipinski definition) is 5. The lowest BCUT2D eigenvalue weighted by Crippen LogP contribution is -1.98. The number of aryl methyl sites for hydroxylation is 1. The molecule has 0 aliphatic rings. The summed E-state index contributed by atoms with van der Waals surface area (Å²) in [4.78, 5) is 11.3. The Hall–Kier alpha value is -3.00. The highest BCUT2D eigenvalue weighted by Gasteiger charge is 2.13. The molecule has 0 amide bonds. The summed E-state index contributed by atoms with van der Waals surface area (Å²) < 4.78 is 7.59. The molecule has 0 saturated heterocycles. The summed E-state index contributed by atoms with van der Waals surface area (Å²) in [6, 6.07) is 10.1. The summed E-state index contributed by atoms with van der Waals surface area (Å²) in [7, 11) is 0. The van der Waals surface area contributed by atoms with Crippen molar-refractivity contribution < 1.29 is 14.3 Å². The minimum atomic E-state index is -1.01. The predicted octanol–water partition coefficient (Wildman–Crippen LogP) is 3.34. The van der Waals surface area contributed by atoms with E-state index in [1.165, 1.54) is 17.0 Å². The van der Waals surface area contributed by atoms with Crippen LogP contribution in [-0.2, 0) is 6.42 Å². The number of carboxylic acid groups (broad SMARTS) is 1. The summed E-state index contributed by atoms with van der Waals surface area (Å²) in [6.07, 6.45) is 2.19. The largest absolute Gasteiger partial charge is 0.478 e. The van der Waals surface area contributed by atoms with Crippen LogP contribution >= 0.6 is 12.2 Å². The van der Waals surface area contributed by atoms with Gasteiger partial charge in [-0.3, -0.25) is 5.10 Å². The Morgan fingerprint density at radius 3 is 2.96 bits per heavy atom. The summed E-state index contributed by atoms with van der Waals surface area (Å²) in [5.41, 5.74) is 0.694. The molecule has 0 saturated carbocycles. The van der Waals surface area contributed by atoms with E-state index in [9.17, 15) is 9.90 Å². The average Bonchev–Trinajstić information content (AvgIpc) is 3.19. The van der Waals surface area contributed by atoms with Gasteiger partial charge >= 0.3 is 5.97 Å². The van der Waals surface area contributed by atoms with Crippen molar-refractivity contribution in [2.75, 3.05) is 0 Å². The zero-order valence-electron chi connectivity index (χ0n) is 12.8. The van der Waals surface area contributed by atoms with Crippen molar-refractivity contribution in [3.05, 3.63) is 58.3 Å². The first-order valence-electron chi connectivity index (χ1n) is 7.23. The molecule has 0 fully saturated rings. The third-order valence-electron chi connectivity index (χ3n) is 3.38. The van der Waals surface area contributed by atoms with Crippen molar-refractivity contribution in [3.8, 4) is 11.3 Å². The van der Waals surface area contributed by atoms with Gasteiger partial charge in [0.2, 0.25) is 4.77 Å². The lowest BCUT2D eigenvalue weighted by atomic mass is 10.1. The van der Waals surface area contributed by atoms with Crippen LogP contribution in [0.2, 0.25) is 0 Å². The van der Waals surface area contributed by atoms with Gasteiger partial charge in [-0.05, 0) is 30.4 Å². The van der Waals surface area contributed by atoms with E-state index in [0.717, 1.165) is 0 Å². The molecule has 2 heterocycles. The van der Waals surface area contributed by atoms with Crippen LogP contribution in [0.3, 0.4) is 0 Å². The van der Waals surface area contributed by atoms with E-state index in [0.29, 0.717) is 34.1 Å². The van der Waals surface area contributed by atoms with Crippen LogP contribution in [0.25, 0.3) is 11.3 Å². The normalized spacial score (nSPS) is 11.2. The van der Waals surface area contributed by atoms with Gasteiger partial charge in [0.25, 0.3) is 0 Å². The van der Waals surface area contributed by atoms with E-state index in [2.05, 4.69) is 15.3 Å².